The van der Waals surface area contributed by atoms with Crippen LogP contribution in [0.5, 0.6) is 5.75 Å². The fraction of sp³-hybridized carbons (Fsp3) is 0.625. The van der Waals surface area contributed by atoms with Crippen LogP contribution in [-0.2, 0) is 5.41 Å². The van der Waals surface area contributed by atoms with Crippen molar-refractivity contribution in [2.45, 2.75) is 38.0 Å². The summed E-state index contributed by atoms with van der Waals surface area (Å²) < 4.78 is 0. The summed E-state index contributed by atoms with van der Waals surface area (Å²) in [6.45, 7) is 5.97. The largest absolute Gasteiger partial charge is 0.508 e. The van der Waals surface area contributed by atoms with E-state index in [2.05, 4.69) is 17.9 Å². The van der Waals surface area contributed by atoms with E-state index in [1.165, 1.54) is 44.5 Å². The number of phenolic OH excluding ortho intramolecular Hbond substituents is 1. The number of aromatic hydroxyl groups is 1. The van der Waals surface area contributed by atoms with Crippen molar-refractivity contribution in [2.24, 2.45) is 5.92 Å². The maximum Gasteiger partial charge on any atom is 0.115 e. The average molecular weight is 245 g/mol. The Morgan fingerprint density at radius 1 is 1.39 bits per heavy atom. The van der Waals surface area contributed by atoms with Crippen LogP contribution in [0.2, 0.25) is 0 Å². The van der Waals surface area contributed by atoms with Gasteiger partial charge in [0.15, 0.2) is 0 Å². The summed E-state index contributed by atoms with van der Waals surface area (Å²) in [5.41, 5.74) is 1.59. The maximum atomic E-state index is 9.69. The Morgan fingerprint density at radius 3 is 2.89 bits per heavy atom. The van der Waals surface area contributed by atoms with Crippen molar-refractivity contribution < 1.29 is 5.11 Å². The molecular weight excluding hydrogens is 222 g/mol. The van der Waals surface area contributed by atoms with Crippen molar-refractivity contribution in [3.8, 4) is 5.75 Å². The van der Waals surface area contributed by atoms with E-state index in [-0.39, 0.29) is 5.41 Å². The number of hydrogen-bond donors (Lipinski definition) is 1. The fourth-order valence-corrected chi connectivity index (χ4v) is 3.34. The highest BCUT2D eigenvalue weighted by molar-refractivity contribution is 5.34. The summed E-state index contributed by atoms with van der Waals surface area (Å²) in [7, 11) is 0. The van der Waals surface area contributed by atoms with E-state index in [1.54, 1.807) is 6.07 Å². The van der Waals surface area contributed by atoms with E-state index in [0.29, 0.717) is 5.75 Å². The first-order valence-corrected chi connectivity index (χ1v) is 7.24. The van der Waals surface area contributed by atoms with E-state index < -0.39 is 0 Å². The van der Waals surface area contributed by atoms with Gasteiger partial charge in [-0.25, -0.2) is 0 Å². The van der Waals surface area contributed by atoms with Crippen molar-refractivity contribution in [1.29, 1.82) is 0 Å². The Morgan fingerprint density at radius 2 is 2.22 bits per heavy atom. The molecule has 0 spiro atoms. The molecule has 2 aliphatic rings. The van der Waals surface area contributed by atoms with Crippen LogP contribution in [0, 0.1) is 5.92 Å². The SMILES string of the molecule is CC[C@]1(c2cccc(O)c2)CCN(CC2CC2)C1. The molecule has 3 rings (SSSR count). The molecular formula is C16H23NO. The minimum absolute atomic E-state index is 0.271. The zero-order chi connectivity index (χ0) is 12.6. The Labute approximate surface area is 110 Å². The first-order chi connectivity index (χ1) is 8.72. The van der Waals surface area contributed by atoms with Gasteiger partial charge in [-0.2, -0.15) is 0 Å². The van der Waals surface area contributed by atoms with Gasteiger partial charge in [-0.15, -0.1) is 0 Å². The van der Waals surface area contributed by atoms with Gasteiger partial charge in [0.1, 0.15) is 5.75 Å². The van der Waals surface area contributed by atoms with Crippen molar-refractivity contribution in [3.05, 3.63) is 29.8 Å². The van der Waals surface area contributed by atoms with E-state index in [0.717, 1.165) is 12.3 Å². The highest BCUT2D eigenvalue weighted by Gasteiger charge is 2.39. The van der Waals surface area contributed by atoms with Crippen LogP contribution in [0.3, 0.4) is 0 Å². The minimum atomic E-state index is 0.271. The van der Waals surface area contributed by atoms with Crippen molar-refractivity contribution in [1.82, 2.24) is 4.90 Å². The fourth-order valence-electron chi connectivity index (χ4n) is 3.34. The van der Waals surface area contributed by atoms with Gasteiger partial charge in [0.2, 0.25) is 0 Å². The van der Waals surface area contributed by atoms with Gasteiger partial charge in [0.05, 0.1) is 0 Å². The quantitative estimate of drug-likeness (QED) is 0.881. The molecule has 1 aromatic rings. The Kier molecular flexibility index (Phi) is 3.06. The maximum absolute atomic E-state index is 9.69. The molecule has 1 aromatic carbocycles. The smallest absolute Gasteiger partial charge is 0.115 e. The van der Waals surface area contributed by atoms with Crippen LogP contribution in [0.4, 0.5) is 0 Å². The zero-order valence-electron chi connectivity index (χ0n) is 11.2. The molecule has 18 heavy (non-hydrogen) atoms. The van der Waals surface area contributed by atoms with Crippen molar-refractivity contribution in [3.63, 3.8) is 0 Å². The number of nitrogens with zero attached hydrogens (tertiary/aromatic N) is 1. The minimum Gasteiger partial charge on any atom is -0.508 e. The molecule has 1 heterocycles. The van der Waals surface area contributed by atoms with E-state index >= 15 is 0 Å². The third kappa shape index (κ3) is 2.26. The van der Waals surface area contributed by atoms with Gasteiger partial charge >= 0.3 is 0 Å². The summed E-state index contributed by atoms with van der Waals surface area (Å²) in [6, 6.07) is 7.89. The molecule has 98 valence electrons. The highest BCUT2D eigenvalue weighted by atomic mass is 16.3. The molecule has 0 aromatic heterocycles. The third-order valence-corrected chi connectivity index (χ3v) is 4.78. The van der Waals surface area contributed by atoms with Gasteiger partial charge in [-0.3, -0.25) is 0 Å². The van der Waals surface area contributed by atoms with Crippen molar-refractivity contribution in [2.75, 3.05) is 19.6 Å². The number of benzene rings is 1. The van der Waals surface area contributed by atoms with E-state index in [9.17, 15) is 5.11 Å². The van der Waals surface area contributed by atoms with E-state index in [1.807, 2.05) is 12.1 Å². The van der Waals surface area contributed by atoms with Gasteiger partial charge < -0.3 is 10.0 Å². The summed E-state index contributed by atoms with van der Waals surface area (Å²) in [5, 5.41) is 9.69. The monoisotopic (exact) mass is 245 g/mol. The molecule has 2 heteroatoms. The predicted octanol–water partition coefficient (Wildman–Crippen LogP) is 3.16. The van der Waals surface area contributed by atoms with Crippen LogP contribution < -0.4 is 0 Å². The lowest BCUT2D eigenvalue weighted by molar-refractivity contribution is 0.294. The van der Waals surface area contributed by atoms with Gasteiger partial charge in [0.25, 0.3) is 0 Å². The van der Waals surface area contributed by atoms with Crippen LogP contribution in [0.15, 0.2) is 24.3 Å². The molecule has 1 saturated heterocycles. The highest BCUT2D eigenvalue weighted by Crippen LogP contribution is 2.40. The summed E-state index contributed by atoms with van der Waals surface area (Å²) in [6.07, 6.45) is 5.26. The molecule has 0 bridgehead atoms. The van der Waals surface area contributed by atoms with Crippen LogP contribution in [-0.4, -0.2) is 29.6 Å². The molecule has 1 atom stereocenters. The topological polar surface area (TPSA) is 23.5 Å². The summed E-state index contributed by atoms with van der Waals surface area (Å²) >= 11 is 0. The average Bonchev–Trinajstić information content (AvgIpc) is 3.08. The molecule has 1 N–H and O–H groups in total. The zero-order valence-corrected chi connectivity index (χ0v) is 11.2. The molecule has 2 fully saturated rings. The van der Waals surface area contributed by atoms with Gasteiger partial charge in [-0.05, 0) is 55.8 Å². The Bertz CT molecular complexity index is 427. The second-order valence-electron chi connectivity index (χ2n) is 6.11. The second kappa shape index (κ2) is 4.58. The summed E-state index contributed by atoms with van der Waals surface area (Å²) in [5.74, 6) is 1.38. The normalized spacial score (nSPS) is 28.7. The Hall–Kier alpha value is -1.02. The van der Waals surface area contributed by atoms with Crippen LogP contribution >= 0.6 is 0 Å². The molecule has 2 nitrogen and oxygen atoms in total. The van der Waals surface area contributed by atoms with Crippen LogP contribution in [0.25, 0.3) is 0 Å². The number of rotatable bonds is 4. The predicted molar refractivity (Wildman–Crippen MR) is 73.9 cm³/mol. The lowest BCUT2D eigenvalue weighted by Crippen LogP contribution is -2.31. The number of hydrogen-bond acceptors (Lipinski definition) is 2. The standard InChI is InChI=1S/C16H23NO/c1-2-16(14-4-3-5-15(18)10-14)8-9-17(12-16)11-13-6-7-13/h3-5,10,13,18H,2,6-9,11-12H2,1H3/t16-/m0/s1. The molecule has 1 aliphatic carbocycles. The van der Waals surface area contributed by atoms with Gasteiger partial charge in [-0.1, -0.05) is 19.1 Å². The first kappa shape index (κ1) is 12.0. The van der Waals surface area contributed by atoms with Crippen LogP contribution in [0.1, 0.15) is 38.2 Å². The molecule has 0 unspecified atom stereocenters. The number of likely N-dealkylation sites (tertiary alicyclic amines) is 1. The molecule has 0 amide bonds. The third-order valence-electron chi connectivity index (χ3n) is 4.78. The molecule has 1 aliphatic heterocycles. The van der Waals surface area contributed by atoms with Gasteiger partial charge in [0, 0.05) is 18.5 Å². The molecule has 0 radical (unpaired) electrons. The number of phenols is 1. The second-order valence-corrected chi connectivity index (χ2v) is 6.11. The Balaban J connectivity index is 1.78. The van der Waals surface area contributed by atoms with Crippen molar-refractivity contribution >= 4 is 0 Å². The first-order valence-electron chi connectivity index (χ1n) is 7.24. The lowest BCUT2D eigenvalue weighted by atomic mass is 9.77. The summed E-state index contributed by atoms with van der Waals surface area (Å²) in [4.78, 5) is 2.63. The van der Waals surface area contributed by atoms with E-state index in [4.69, 9.17) is 0 Å². The lowest BCUT2D eigenvalue weighted by Gasteiger charge is -2.29. The molecule has 1 saturated carbocycles.